The first-order valence-corrected chi connectivity index (χ1v) is 14.4. The van der Waals surface area contributed by atoms with Crippen LogP contribution in [0, 0.1) is 0 Å². The van der Waals surface area contributed by atoms with E-state index in [1.165, 1.54) is 8.99 Å². The fourth-order valence-corrected chi connectivity index (χ4v) is 6.25. The molecule has 0 aliphatic carbocycles. The Morgan fingerprint density at radius 1 is 1.18 bits per heavy atom. The molecule has 3 aromatic rings. The number of aromatic nitrogens is 4. The lowest BCUT2D eigenvalue weighted by Gasteiger charge is -2.41. The van der Waals surface area contributed by atoms with Gasteiger partial charge < -0.3 is 14.8 Å². The number of rotatable bonds is 7. The minimum absolute atomic E-state index is 0.0960. The molecule has 39 heavy (non-hydrogen) atoms. The number of carboxylic acid groups (broad SMARTS) is 1. The van der Waals surface area contributed by atoms with Crippen LogP contribution in [0.5, 0.6) is 5.75 Å². The summed E-state index contributed by atoms with van der Waals surface area (Å²) < 4.78 is 36.1. The Balaban J connectivity index is 0.000000983. The highest BCUT2D eigenvalue weighted by molar-refractivity contribution is 7.89. The van der Waals surface area contributed by atoms with Crippen molar-refractivity contribution in [1.29, 1.82) is 0 Å². The predicted molar refractivity (Wildman–Crippen MR) is 148 cm³/mol. The monoisotopic (exact) mass is 562 g/mol. The van der Waals surface area contributed by atoms with Crippen molar-refractivity contribution >= 4 is 27.0 Å². The minimum atomic E-state index is -3.76. The lowest BCUT2D eigenvalue weighted by molar-refractivity contribution is -0.134. The van der Waals surface area contributed by atoms with E-state index in [2.05, 4.69) is 15.0 Å². The number of ether oxygens (including phenoxy) is 1. The average molecular weight is 563 g/mol. The molecule has 12 nitrogen and oxygen atoms in total. The Morgan fingerprint density at radius 2 is 1.79 bits per heavy atom. The molecule has 1 aliphatic rings. The minimum Gasteiger partial charge on any atom is -0.493 e. The first kappa shape index (κ1) is 30.3. The topological polar surface area (TPSA) is 151 Å². The normalized spacial score (nSPS) is 18.5. The van der Waals surface area contributed by atoms with E-state index in [1.807, 2.05) is 34.7 Å². The highest BCUT2D eigenvalue weighted by Crippen LogP contribution is 2.33. The first-order chi connectivity index (χ1) is 18.3. The summed E-state index contributed by atoms with van der Waals surface area (Å²) in [4.78, 5) is 31.8. The number of piperazine rings is 1. The van der Waals surface area contributed by atoms with Crippen molar-refractivity contribution in [3.63, 3.8) is 0 Å². The van der Waals surface area contributed by atoms with Gasteiger partial charge in [0.05, 0.1) is 22.8 Å². The molecule has 2 atom stereocenters. The van der Waals surface area contributed by atoms with Crippen LogP contribution in [0.2, 0.25) is 0 Å². The molecule has 13 heteroatoms. The molecule has 0 radical (unpaired) electrons. The van der Waals surface area contributed by atoms with Crippen LogP contribution in [0.15, 0.2) is 27.9 Å². The number of hydrogen-bond donors (Lipinski definition) is 2. The van der Waals surface area contributed by atoms with E-state index in [-0.39, 0.29) is 28.4 Å². The molecule has 1 aliphatic heterocycles. The molecule has 1 saturated heterocycles. The number of H-pyrrole nitrogens is 1. The van der Waals surface area contributed by atoms with Crippen LogP contribution >= 0.6 is 0 Å². The number of benzene rings is 1. The second-order valence-corrected chi connectivity index (χ2v) is 11.7. The van der Waals surface area contributed by atoms with Crippen LogP contribution in [0.4, 0.5) is 0 Å². The van der Waals surface area contributed by atoms with E-state index < -0.39 is 16.0 Å². The van der Waals surface area contributed by atoms with Crippen LogP contribution in [0.25, 0.3) is 22.4 Å². The van der Waals surface area contributed by atoms with Crippen molar-refractivity contribution < 1.29 is 23.1 Å². The summed E-state index contributed by atoms with van der Waals surface area (Å²) in [6, 6.07) is 4.93. The number of carboxylic acids is 1. The number of fused-ring (bicyclic) bond motifs is 1. The molecule has 0 bridgehead atoms. The summed E-state index contributed by atoms with van der Waals surface area (Å²) >= 11 is 0. The largest absolute Gasteiger partial charge is 0.493 e. The molecular weight excluding hydrogens is 524 g/mol. The van der Waals surface area contributed by atoms with E-state index in [1.54, 1.807) is 25.2 Å². The molecule has 0 amide bonds. The summed E-state index contributed by atoms with van der Waals surface area (Å²) in [7, 11) is -0.0351. The quantitative estimate of drug-likeness (QED) is 0.442. The van der Waals surface area contributed by atoms with Gasteiger partial charge in [0.1, 0.15) is 17.1 Å². The number of carbonyl (C=O) groups is 1. The Bertz CT molecular complexity index is 1480. The Kier molecular flexibility index (Phi) is 9.51. The molecule has 0 unspecified atom stereocenters. The van der Waals surface area contributed by atoms with Gasteiger partial charge in [-0.2, -0.15) is 9.40 Å². The lowest BCUT2D eigenvalue weighted by atomic mass is 10.1. The Morgan fingerprint density at radius 3 is 2.36 bits per heavy atom. The summed E-state index contributed by atoms with van der Waals surface area (Å²) in [5.41, 5.74) is 1.73. The van der Waals surface area contributed by atoms with E-state index in [0.717, 1.165) is 19.0 Å². The van der Waals surface area contributed by atoms with Gasteiger partial charge in [-0.15, -0.1) is 0 Å². The zero-order valence-corrected chi connectivity index (χ0v) is 24.4. The Labute approximate surface area is 228 Å². The van der Waals surface area contributed by atoms with Crippen molar-refractivity contribution in [2.24, 2.45) is 7.05 Å². The maximum atomic E-state index is 13.6. The average Bonchev–Trinajstić information content (AvgIpc) is 3.17. The predicted octanol–water partition coefficient (Wildman–Crippen LogP) is 2.48. The number of aryl methyl sites for hydroxylation is 2. The van der Waals surface area contributed by atoms with Crippen LogP contribution in [-0.2, 0) is 28.3 Å². The van der Waals surface area contributed by atoms with E-state index in [9.17, 15) is 13.2 Å². The molecule has 0 spiro atoms. The van der Waals surface area contributed by atoms with Crippen LogP contribution in [0.1, 0.15) is 46.7 Å². The molecule has 1 aromatic carbocycles. The Hall–Kier alpha value is -3.29. The van der Waals surface area contributed by atoms with Crippen LogP contribution < -0.4 is 10.3 Å². The number of nitrogens with zero attached hydrogens (tertiary/aromatic N) is 5. The zero-order chi connectivity index (χ0) is 29.1. The van der Waals surface area contributed by atoms with Gasteiger partial charge in [-0.25, -0.2) is 13.4 Å². The second kappa shape index (κ2) is 12.3. The van der Waals surface area contributed by atoms with E-state index in [4.69, 9.17) is 19.6 Å². The highest BCUT2D eigenvalue weighted by Gasteiger charge is 2.35. The van der Waals surface area contributed by atoms with E-state index >= 15 is 0 Å². The summed E-state index contributed by atoms with van der Waals surface area (Å²) in [6.45, 7) is 10.2. The SMILES string of the molecule is CC(=O)O.CCCc1nn(C)c2c(=O)[nH]c(-c3cc(S(=O)(=O)N4C[C@@H](C)N(C)[C@@H](C)C4)ccc3OCC)nc12. The van der Waals surface area contributed by atoms with Crippen LogP contribution in [-0.4, -0.2) is 87.3 Å². The smallest absolute Gasteiger partial charge is 0.300 e. The highest BCUT2D eigenvalue weighted by atomic mass is 32.2. The number of hydrogen-bond acceptors (Lipinski definition) is 8. The number of sulfonamides is 1. The molecule has 214 valence electrons. The number of aliphatic carboxylic acids is 1. The fraction of sp³-hybridized carbons (Fsp3) is 0.538. The molecule has 3 heterocycles. The fourth-order valence-electron chi connectivity index (χ4n) is 4.62. The van der Waals surface area contributed by atoms with Crippen LogP contribution in [0.3, 0.4) is 0 Å². The third kappa shape index (κ3) is 6.48. The molecule has 4 rings (SSSR count). The summed E-state index contributed by atoms with van der Waals surface area (Å²) in [5.74, 6) is -0.122. The van der Waals surface area contributed by atoms with Gasteiger partial charge in [-0.05, 0) is 52.4 Å². The summed E-state index contributed by atoms with van der Waals surface area (Å²) in [5, 5.41) is 11.9. The second-order valence-electron chi connectivity index (χ2n) is 9.73. The lowest BCUT2D eigenvalue weighted by Crippen LogP contribution is -2.56. The van der Waals surface area contributed by atoms with E-state index in [0.29, 0.717) is 48.5 Å². The summed E-state index contributed by atoms with van der Waals surface area (Å²) in [6.07, 6.45) is 1.54. The van der Waals surface area contributed by atoms with Gasteiger partial charge in [0.2, 0.25) is 10.0 Å². The maximum Gasteiger partial charge on any atom is 0.300 e. The zero-order valence-electron chi connectivity index (χ0n) is 23.6. The van der Waals surface area contributed by atoms with Crippen molar-refractivity contribution in [3.8, 4) is 17.1 Å². The molecular formula is C26H38N6O6S. The van der Waals surface area contributed by atoms with Crippen molar-refractivity contribution in [2.45, 2.75) is 64.4 Å². The van der Waals surface area contributed by atoms with Crippen molar-refractivity contribution in [3.05, 3.63) is 34.2 Å². The first-order valence-electron chi connectivity index (χ1n) is 13.0. The van der Waals surface area contributed by atoms with Gasteiger partial charge in [0.25, 0.3) is 11.5 Å². The maximum absolute atomic E-state index is 13.6. The molecule has 0 saturated carbocycles. The third-order valence-corrected chi connectivity index (χ3v) is 8.55. The van der Waals surface area contributed by atoms with Gasteiger partial charge in [0.15, 0.2) is 5.52 Å². The van der Waals surface area contributed by atoms with Gasteiger partial charge in [0, 0.05) is 39.1 Å². The van der Waals surface area contributed by atoms with Crippen molar-refractivity contribution in [1.82, 2.24) is 29.0 Å². The number of likely N-dealkylation sites (N-methyl/N-ethyl adjacent to an activating group) is 1. The number of nitrogens with one attached hydrogen (secondary N) is 1. The standard InChI is InChI=1S/C24H34N6O4S.C2H4O2/c1-7-9-19-21-22(29(6)27-19)24(31)26-23(25-21)18-12-17(10-11-20(18)34-8-2)35(32,33)30-13-15(3)28(5)16(4)14-30;1-2(3)4/h10-12,15-16H,7-9,13-14H2,1-6H3,(H,25,26,31);1H3,(H,3,4)/t15-,16+;. The van der Waals surface area contributed by atoms with Gasteiger partial charge in [-0.1, -0.05) is 13.3 Å². The van der Waals surface area contributed by atoms with Gasteiger partial charge >= 0.3 is 0 Å². The molecule has 2 aromatic heterocycles. The van der Waals surface area contributed by atoms with Gasteiger partial charge in [-0.3, -0.25) is 19.2 Å². The molecule has 1 fully saturated rings. The van der Waals surface area contributed by atoms with Crippen molar-refractivity contribution in [2.75, 3.05) is 26.7 Å². The third-order valence-electron chi connectivity index (χ3n) is 6.72. The number of aromatic amines is 1. The molecule has 2 N–H and O–H groups in total.